The van der Waals surface area contributed by atoms with E-state index in [4.69, 9.17) is 4.74 Å². The number of aliphatic hydroxyl groups excluding tert-OH is 2. The van der Waals surface area contributed by atoms with Crippen molar-refractivity contribution in [2.24, 2.45) is 5.18 Å². The highest BCUT2D eigenvalue weighted by molar-refractivity contribution is 4.93. The minimum absolute atomic E-state index is 0.340. The molecule has 9 nitrogen and oxygen atoms in total. The summed E-state index contributed by atoms with van der Waals surface area (Å²) in [5.41, 5.74) is -1.37. The summed E-state index contributed by atoms with van der Waals surface area (Å²) in [4.78, 5) is 34.5. The summed E-state index contributed by atoms with van der Waals surface area (Å²) in [6.45, 7) is -0.340. The molecule has 98 valence electrons. The fraction of sp³-hybridized carbons (Fsp3) is 0.556. The van der Waals surface area contributed by atoms with Gasteiger partial charge in [-0.05, 0) is 0 Å². The van der Waals surface area contributed by atoms with Gasteiger partial charge in [0.2, 0.25) is 0 Å². The first-order valence-corrected chi connectivity index (χ1v) is 5.17. The van der Waals surface area contributed by atoms with Crippen LogP contribution in [0.4, 0.5) is 0 Å². The standard InChI is InChI=1S/C9H11N3O6/c13-5-1-2-12(9(16)11-5)8-7(15)6(14)4(18-8)3-10-17/h1-2,4,6-8,14-15H,3H2,(H,11,13,16)/t4-,6-,7-,8-/m1/s1. The van der Waals surface area contributed by atoms with Crippen molar-refractivity contribution >= 4 is 0 Å². The molecule has 0 aromatic carbocycles. The molecule has 0 spiro atoms. The molecule has 1 aromatic heterocycles. The van der Waals surface area contributed by atoms with Crippen LogP contribution in [-0.4, -0.2) is 44.6 Å². The second-order valence-corrected chi connectivity index (χ2v) is 3.88. The Morgan fingerprint density at radius 1 is 1.39 bits per heavy atom. The van der Waals surface area contributed by atoms with E-state index in [2.05, 4.69) is 5.18 Å². The van der Waals surface area contributed by atoms with Crippen LogP contribution in [-0.2, 0) is 4.74 Å². The monoisotopic (exact) mass is 257 g/mol. The van der Waals surface area contributed by atoms with Crippen LogP contribution in [0.25, 0.3) is 0 Å². The van der Waals surface area contributed by atoms with Gasteiger partial charge in [0.25, 0.3) is 5.56 Å². The Bertz CT molecular complexity index is 552. The molecule has 1 aliphatic rings. The summed E-state index contributed by atoms with van der Waals surface area (Å²) in [5.74, 6) is 0. The van der Waals surface area contributed by atoms with Gasteiger partial charge in [-0.3, -0.25) is 14.3 Å². The highest BCUT2D eigenvalue weighted by Gasteiger charge is 2.44. The zero-order chi connectivity index (χ0) is 13.3. The highest BCUT2D eigenvalue weighted by Crippen LogP contribution is 2.28. The molecule has 1 saturated heterocycles. The van der Waals surface area contributed by atoms with Crippen molar-refractivity contribution in [3.05, 3.63) is 38.0 Å². The predicted octanol–water partition coefficient (Wildman–Crippen LogP) is -2.08. The van der Waals surface area contributed by atoms with Crippen LogP contribution < -0.4 is 11.2 Å². The van der Waals surface area contributed by atoms with Gasteiger partial charge in [-0.1, -0.05) is 5.18 Å². The lowest BCUT2D eigenvalue weighted by atomic mass is 10.1. The molecule has 4 atom stereocenters. The number of nitrogens with zero attached hydrogens (tertiary/aromatic N) is 2. The Morgan fingerprint density at radius 3 is 2.72 bits per heavy atom. The molecular weight excluding hydrogens is 246 g/mol. The Labute approximate surface area is 99.6 Å². The third kappa shape index (κ3) is 2.10. The van der Waals surface area contributed by atoms with Gasteiger partial charge >= 0.3 is 5.69 Å². The van der Waals surface area contributed by atoms with Gasteiger partial charge in [0.15, 0.2) is 6.23 Å². The number of H-pyrrole nitrogens is 1. The van der Waals surface area contributed by atoms with Crippen LogP contribution in [0.3, 0.4) is 0 Å². The number of aromatic amines is 1. The van der Waals surface area contributed by atoms with E-state index in [1.807, 2.05) is 4.98 Å². The van der Waals surface area contributed by atoms with E-state index in [9.17, 15) is 24.7 Å². The second-order valence-electron chi connectivity index (χ2n) is 3.88. The van der Waals surface area contributed by atoms with Crippen molar-refractivity contribution in [2.75, 3.05) is 6.54 Å². The maximum atomic E-state index is 11.5. The lowest BCUT2D eigenvalue weighted by Gasteiger charge is -2.16. The van der Waals surface area contributed by atoms with E-state index >= 15 is 0 Å². The smallest absolute Gasteiger partial charge is 0.330 e. The highest BCUT2D eigenvalue weighted by atomic mass is 16.6. The van der Waals surface area contributed by atoms with Crippen molar-refractivity contribution in [3.8, 4) is 0 Å². The number of hydrogen-bond acceptors (Lipinski definition) is 7. The molecule has 1 aromatic rings. The van der Waals surface area contributed by atoms with Gasteiger partial charge in [-0.25, -0.2) is 4.79 Å². The van der Waals surface area contributed by atoms with Gasteiger partial charge in [-0.2, -0.15) is 4.91 Å². The van der Waals surface area contributed by atoms with E-state index < -0.39 is 35.8 Å². The van der Waals surface area contributed by atoms with Gasteiger partial charge in [0.1, 0.15) is 24.9 Å². The van der Waals surface area contributed by atoms with Crippen LogP contribution in [0.15, 0.2) is 27.0 Å². The number of hydrogen-bond donors (Lipinski definition) is 3. The van der Waals surface area contributed by atoms with Gasteiger partial charge in [-0.15, -0.1) is 0 Å². The first kappa shape index (κ1) is 12.6. The van der Waals surface area contributed by atoms with Crippen molar-refractivity contribution in [1.82, 2.24) is 9.55 Å². The molecule has 2 heterocycles. The summed E-state index contributed by atoms with van der Waals surface area (Å²) in [6.07, 6.45) is -3.73. The summed E-state index contributed by atoms with van der Waals surface area (Å²) in [5, 5.41) is 21.9. The number of ether oxygens (including phenoxy) is 1. The third-order valence-electron chi connectivity index (χ3n) is 2.72. The topological polar surface area (TPSA) is 134 Å². The normalized spacial score (nSPS) is 31.4. The summed E-state index contributed by atoms with van der Waals surface area (Å²) in [6, 6.07) is 1.08. The van der Waals surface area contributed by atoms with E-state index in [0.29, 0.717) is 0 Å². The van der Waals surface area contributed by atoms with Crippen LogP contribution >= 0.6 is 0 Å². The minimum atomic E-state index is -1.39. The fourth-order valence-electron chi connectivity index (χ4n) is 1.81. The van der Waals surface area contributed by atoms with E-state index in [0.717, 1.165) is 16.8 Å². The van der Waals surface area contributed by atoms with Gasteiger partial charge < -0.3 is 14.9 Å². The lowest BCUT2D eigenvalue weighted by molar-refractivity contribution is -0.0372. The average molecular weight is 257 g/mol. The molecule has 0 aliphatic carbocycles. The van der Waals surface area contributed by atoms with Gasteiger partial charge in [0, 0.05) is 12.3 Å². The number of aliphatic hydroxyl groups is 2. The average Bonchev–Trinajstić information content (AvgIpc) is 2.58. The molecular formula is C9H11N3O6. The molecule has 2 rings (SSSR count). The van der Waals surface area contributed by atoms with Crippen LogP contribution in [0, 0.1) is 4.91 Å². The summed E-state index contributed by atoms with van der Waals surface area (Å²) < 4.78 is 6.11. The Balaban J connectivity index is 2.31. The van der Waals surface area contributed by atoms with Crippen molar-refractivity contribution in [3.63, 3.8) is 0 Å². The lowest BCUT2D eigenvalue weighted by Crippen LogP contribution is -2.37. The van der Waals surface area contributed by atoms with Crippen molar-refractivity contribution in [1.29, 1.82) is 0 Å². The Hall–Kier alpha value is -1.84. The number of nitroso groups, excluding NO2 is 1. The molecule has 9 heteroatoms. The zero-order valence-electron chi connectivity index (χ0n) is 9.09. The second kappa shape index (κ2) is 4.80. The Kier molecular flexibility index (Phi) is 3.36. The van der Waals surface area contributed by atoms with E-state index in [1.54, 1.807) is 0 Å². The zero-order valence-corrected chi connectivity index (χ0v) is 9.09. The third-order valence-corrected chi connectivity index (χ3v) is 2.72. The molecule has 3 N–H and O–H groups in total. The fourth-order valence-corrected chi connectivity index (χ4v) is 1.81. The molecule has 0 bridgehead atoms. The SMILES string of the molecule is O=NC[C@H]1O[C@@H](n2ccc(=O)[nH]c2=O)[C@H](O)[C@@H]1O. The number of aromatic nitrogens is 2. The molecule has 0 saturated carbocycles. The van der Waals surface area contributed by atoms with Gasteiger partial charge in [0.05, 0.1) is 0 Å². The molecule has 1 fully saturated rings. The summed E-state index contributed by atoms with van der Waals surface area (Å²) in [7, 11) is 0. The number of rotatable bonds is 3. The first-order valence-electron chi connectivity index (χ1n) is 5.17. The van der Waals surface area contributed by atoms with Crippen molar-refractivity contribution in [2.45, 2.75) is 24.5 Å². The molecule has 0 radical (unpaired) electrons. The molecule has 1 aliphatic heterocycles. The maximum absolute atomic E-state index is 11.5. The summed E-state index contributed by atoms with van der Waals surface area (Å²) >= 11 is 0. The number of nitrogens with one attached hydrogen (secondary N) is 1. The first-order chi connectivity index (χ1) is 8.54. The predicted molar refractivity (Wildman–Crippen MR) is 57.9 cm³/mol. The largest absolute Gasteiger partial charge is 0.387 e. The molecule has 0 amide bonds. The van der Waals surface area contributed by atoms with E-state index in [-0.39, 0.29) is 6.54 Å². The minimum Gasteiger partial charge on any atom is -0.387 e. The maximum Gasteiger partial charge on any atom is 0.330 e. The van der Waals surface area contributed by atoms with Crippen LogP contribution in [0.2, 0.25) is 0 Å². The van der Waals surface area contributed by atoms with Crippen molar-refractivity contribution < 1.29 is 14.9 Å². The molecule has 0 unspecified atom stereocenters. The van der Waals surface area contributed by atoms with Crippen LogP contribution in [0.5, 0.6) is 0 Å². The quantitative estimate of drug-likeness (QED) is 0.532. The van der Waals surface area contributed by atoms with Crippen LogP contribution in [0.1, 0.15) is 6.23 Å². The molecule has 18 heavy (non-hydrogen) atoms. The Morgan fingerprint density at radius 2 is 2.11 bits per heavy atom. The van der Waals surface area contributed by atoms with E-state index in [1.165, 1.54) is 0 Å².